The number of aliphatic hydroxyl groups excluding tert-OH is 1. The highest BCUT2D eigenvalue weighted by Gasteiger charge is 2.35. The van der Waals surface area contributed by atoms with E-state index in [0.717, 1.165) is 11.1 Å². The molecule has 3 rings (SSSR count). The fourth-order valence-electron chi connectivity index (χ4n) is 3.60. The minimum Gasteiger partial charge on any atom is -0.508 e. The van der Waals surface area contributed by atoms with E-state index >= 15 is 0 Å². The Morgan fingerprint density at radius 2 is 1.68 bits per heavy atom. The lowest BCUT2D eigenvalue weighted by atomic mass is 10.00. The third kappa shape index (κ3) is 6.06. The standard InChI is InChI=1S/C23H25F3N2O2S/c1-15(12-17-8-10-19(29)11-9-17)28(16(2)18-6-4-3-5-7-18)13-21(30)20-14-31-22(27-20)23(24,25)26/h3-11,14-16,21,29-30H,12-13H2,1-2H3/t15-,16-,21+/m1/s1. The Morgan fingerprint density at radius 3 is 2.26 bits per heavy atom. The molecule has 0 aliphatic heterocycles. The van der Waals surface area contributed by atoms with Crippen LogP contribution < -0.4 is 0 Å². The third-order valence-electron chi connectivity index (χ3n) is 5.30. The lowest BCUT2D eigenvalue weighted by molar-refractivity contribution is -0.137. The van der Waals surface area contributed by atoms with Crippen LogP contribution >= 0.6 is 11.3 Å². The predicted octanol–water partition coefficient (Wildman–Crippen LogP) is 5.60. The Bertz CT molecular complexity index is 961. The van der Waals surface area contributed by atoms with Crippen molar-refractivity contribution in [1.29, 1.82) is 0 Å². The van der Waals surface area contributed by atoms with E-state index in [1.54, 1.807) is 12.1 Å². The van der Waals surface area contributed by atoms with Crippen LogP contribution in [0.3, 0.4) is 0 Å². The summed E-state index contributed by atoms with van der Waals surface area (Å²) in [5.74, 6) is 0.185. The first-order valence-corrected chi connectivity index (χ1v) is 10.8. The lowest BCUT2D eigenvalue weighted by Crippen LogP contribution is -2.39. The SMILES string of the molecule is C[C@H](Cc1ccc(O)cc1)N(C[C@H](O)c1csc(C(F)(F)F)n1)[C@H](C)c1ccccc1. The number of aromatic nitrogens is 1. The average Bonchev–Trinajstić information content (AvgIpc) is 3.25. The van der Waals surface area contributed by atoms with E-state index in [1.165, 1.54) is 5.38 Å². The minimum atomic E-state index is -4.52. The molecule has 31 heavy (non-hydrogen) atoms. The molecule has 0 unspecified atom stereocenters. The van der Waals surface area contributed by atoms with Gasteiger partial charge in [-0.05, 0) is 43.5 Å². The van der Waals surface area contributed by atoms with Crippen LogP contribution in [-0.2, 0) is 12.6 Å². The summed E-state index contributed by atoms with van der Waals surface area (Å²) in [7, 11) is 0. The van der Waals surface area contributed by atoms with E-state index in [1.807, 2.05) is 56.3 Å². The summed E-state index contributed by atoms with van der Waals surface area (Å²) in [4.78, 5) is 5.68. The van der Waals surface area contributed by atoms with Gasteiger partial charge in [-0.15, -0.1) is 11.3 Å². The first-order chi connectivity index (χ1) is 14.6. The number of rotatable bonds is 8. The van der Waals surface area contributed by atoms with Gasteiger partial charge in [0.25, 0.3) is 0 Å². The van der Waals surface area contributed by atoms with Crippen molar-refractivity contribution < 1.29 is 23.4 Å². The number of hydrogen-bond donors (Lipinski definition) is 2. The van der Waals surface area contributed by atoms with Gasteiger partial charge < -0.3 is 10.2 Å². The van der Waals surface area contributed by atoms with E-state index in [2.05, 4.69) is 9.88 Å². The normalized spacial score (nSPS) is 15.1. The van der Waals surface area contributed by atoms with Crippen molar-refractivity contribution >= 4 is 11.3 Å². The number of phenols is 1. The summed E-state index contributed by atoms with van der Waals surface area (Å²) in [6, 6.07) is 16.6. The molecule has 2 N–H and O–H groups in total. The number of aliphatic hydroxyl groups is 1. The molecule has 2 aromatic carbocycles. The number of hydrogen-bond acceptors (Lipinski definition) is 5. The number of halogens is 3. The van der Waals surface area contributed by atoms with Crippen molar-refractivity contribution in [3.8, 4) is 5.75 Å². The number of phenolic OH excluding ortho intramolecular Hbond substituents is 1. The van der Waals surface area contributed by atoms with E-state index < -0.39 is 17.3 Å². The highest BCUT2D eigenvalue weighted by atomic mass is 32.1. The van der Waals surface area contributed by atoms with Gasteiger partial charge in [0, 0.05) is 24.0 Å². The van der Waals surface area contributed by atoms with Crippen LogP contribution in [0, 0.1) is 0 Å². The Hall–Kier alpha value is -2.42. The van der Waals surface area contributed by atoms with Crippen LogP contribution in [0.2, 0.25) is 0 Å². The van der Waals surface area contributed by atoms with Crippen molar-refractivity contribution in [2.24, 2.45) is 0 Å². The molecular weight excluding hydrogens is 425 g/mol. The number of thiazole rings is 1. The molecule has 166 valence electrons. The lowest BCUT2D eigenvalue weighted by Gasteiger charge is -2.36. The quantitative estimate of drug-likeness (QED) is 0.469. The van der Waals surface area contributed by atoms with Crippen molar-refractivity contribution in [2.75, 3.05) is 6.54 Å². The predicted molar refractivity (Wildman–Crippen MR) is 115 cm³/mol. The molecule has 0 saturated heterocycles. The van der Waals surface area contributed by atoms with Gasteiger partial charge >= 0.3 is 6.18 Å². The van der Waals surface area contributed by atoms with Crippen molar-refractivity contribution in [1.82, 2.24) is 9.88 Å². The second kappa shape index (κ2) is 9.80. The largest absolute Gasteiger partial charge is 0.508 e. The van der Waals surface area contributed by atoms with Gasteiger partial charge in [-0.25, -0.2) is 4.98 Å². The molecule has 0 aliphatic rings. The first-order valence-electron chi connectivity index (χ1n) is 9.94. The second-order valence-electron chi connectivity index (χ2n) is 7.59. The highest BCUT2D eigenvalue weighted by molar-refractivity contribution is 7.09. The Kier molecular flexibility index (Phi) is 7.35. The molecule has 4 nitrogen and oxygen atoms in total. The number of benzene rings is 2. The smallest absolute Gasteiger partial charge is 0.443 e. The topological polar surface area (TPSA) is 56.6 Å². The molecule has 0 bridgehead atoms. The van der Waals surface area contributed by atoms with Gasteiger partial charge in [0.2, 0.25) is 0 Å². The minimum absolute atomic E-state index is 0.0272. The number of alkyl halides is 3. The second-order valence-corrected chi connectivity index (χ2v) is 8.45. The van der Waals surface area contributed by atoms with Crippen LogP contribution in [0.25, 0.3) is 0 Å². The molecule has 0 spiro atoms. The average molecular weight is 451 g/mol. The molecule has 0 radical (unpaired) electrons. The van der Waals surface area contributed by atoms with E-state index in [-0.39, 0.29) is 30.1 Å². The molecule has 8 heteroatoms. The molecule has 1 heterocycles. The van der Waals surface area contributed by atoms with Gasteiger partial charge in [-0.2, -0.15) is 13.2 Å². The zero-order valence-electron chi connectivity index (χ0n) is 17.3. The summed E-state index contributed by atoms with van der Waals surface area (Å²) in [6.45, 7) is 4.16. The molecule has 0 fully saturated rings. The molecule has 0 aliphatic carbocycles. The van der Waals surface area contributed by atoms with Crippen molar-refractivity contribution in [2.45, 2.75) is 44.6 Å². The first kappa shape index (κ1) is 23.2. The van der Waals surface area contributed by atoms with E-state index in [9.17, 15) is 23.4 Å². The maximum atomic E-state index is 12.9. The fraction of sp³-hybridized carbons (Fsp3) is 0.348. The summed E-state index contributed by atoms with van der Waals surface area (Å²) in [5.41, 5.74) is 2.08. The third-order valence-corrected chi connectivity index (χ3v) is 6.21. The van der Waals surface area contributed by atoms with Crippen LogP contribution in [0.15, 0.2) is 60.0 Å². The highest BCUT2D eigenvalue weighted by Crippen LogP contribution is 2.34. The monoisotopic (exact) mass is 450 g/mol. The van der Waals surface area contributed by atoms with Crippen LogP contribution in [0.5, 0.6) is 5.75 Å². The molecule has 0 saturated carbocycles. The summed E-state index contributed by atoms with van der Waals surface area (Å²) < 4.78 is 38.7. The van der Waals surface area contributed by atoms with Gasteiger partial charge in [0.15, 0.2) is 5.01 Å². The van der Waals surface area contributed by atoms with Crippen LogP contribution in [-0.4, -0.2) is 32.7 Å². The van der Waals surface area contributed by atoms with Crippen molar-refractivity contribution in [3.05, 3.63) is 81.8 Å². The Labute approximate surface area is 183 Å². The van der Waals surface area contributed by atoms with E-state index in [4.69, 9.17) is 0 Å². The fourth-order valence-corrected chi connectivity index (χ4v) is 4.33. The molecule has 3 aromatic rings. The van der Waals surface area contributed by atoms with Gasteiger partial charge in [0.05, 0.1) is 5.69 Å². The summed E-state index contributed by atoms with van der Waals surface area (Å²) in [6.07, 6.45) is -5.03. The molecule has 0 amide bonds. The van der Waals surface area contributed by atoms with Crippen molar-refractivity contribution in [3.63, 3.8) is 0 Å². The number of aromatic hydroxyl groups is 1. The van der Waals surface area contributed by atoms with Crippen LogP contribution in [0.4, 0.5) is 13.2 Å². The van der Waals surface area contributed by atoms with Gasteiger partial charge in [-0.3, -0.25) is 4.90 Å². The number of nitrogens with zero attached hydrogens (tertiary/aromatic N) is 2. The summed E-state index contributed by atoms with van der Waals surface area (Å²) in [5, 5.41) is 20.5. The van der Waals surface area contributed by atoms with Crippen LogP contribution in [0.1, 0.15) is 47.8 Å². The summed E-state index contributed by atoms with van der Waals surface area (Å²) >= 11 is 0.491. The van der Waals surface area contributed by atoms with Gasteiger partial charge in [-0.1, -0.05) is 42.5 Å². The maximum Gasteiger partial charge on any atom is 0.443 e. The zero-order chi connectivity index (χ0) is 22.6. The molecular formula is C23H25F3N2O2S. The van der Waals surface area contributed by atoms with E-state index in [0.29, 0.717) is 17.8 Å². The van der Waals surface area contributed by atoms with Gasteiger partial charge in [0.1, 0.15) is 11.9 Å². The molecule has 1 aromatic heterocycles. The zero-order valence-corrected chi connectivity index (χ0v) is 18.1. The Morgan fingerprint density at radius 1 is 1.03 bits per heavy atom. The maximum absolute atomic E-state index is 12.9. The Balaban J connectivity index is 1.82. The molecule has 3 atom stereocenters.